The first-order valence-electron chi connectivity index (χ1n) is 6.01. The molecule has 0 aromatic carbocycles. The van der Waals surface area contributed by atoms with Crippen LogP contribution in [0.5, 0.6) is 0 Å². The first-order chi connectivity index (χ1) is 9.20. The largest absolute Gasteiger partial charge is 0.478 e. The zero-order chi connectivity index (χ0) is 15.5. The molecule has 20 heavy (non-hydrogen) atoms. The zero-order valence-corrected chi connectivity index (χ0v) is 11.5. The topological polar surface area (TPSA) is 122 Å². The van der Waals surface area contributed by atoms with Gasteiger partial charge in [-0.25, -0.2) is 4.79 Å². The molecular weight excluding hydrogens is 262 g/mol. The summed E-state index contributed by atoms with van der Waals surface area (Å²) in [5.74, 6) is -2.99. The number of hydrogen-bond donors (Lipinski definition) is 3. The van der Waals surface area contributed by atoms with Gasteiger partial charge in [0.15, 0.2) is 0 Å². The Hall–Kier alpha value is -2.44. The van der Waals surface area contributed by atoms with Gasteiger partial charge < -0.3 is 16.2 Å². The molecule has 0 aliphatic carbocycles. The summed E-state index contributed by atoms with van der Waals surface area (Å²) in [6, 6.07) is 2.68. The number of aromatic nitrogens is 1. The van der Waals surface area contributed by atoms with Crippen LogP contribution in [0.1, 0.15) is 41.6 Å². The van der Waals surface area contributed by atoms with Crippen LogP contribution in [-0.4, -0.2) is 33.4 Å². The van der Waals surface area contributed by atoms with E-state index in [1.807, 2.05) is 0 Å². The van der Waals surface area contributed by atoms with Crippen LogP contribution in [-0.2, 0) is 4.79 Å². The molecule has 0 radical (unpaired) electrons. The maximum atomic E-state index is 12.1. The molecule has 0 saturated heterocycles. The molecule has 1 atom stereocenters. The molecule has 7 nitrogen and oxygen atoms in total. The second kappa shape index (κ2) is 5.68. The minimum Gasteiger partial charge on any atom is -0.478 e. The van der Waals surface area contributed by atoms with E-state index in [2.05, 4.69) is 10.3 Å². The maximum Gasteiger partial charge on any atom is 0.338 e. The molecule has 108 valence electrons. The van der Waals surface area contributed by atoms with Gasteiger partial charge in [-0.15, -0.1) is 0 Å². The van der Waals surface area contributed by atoms with Gasteiger partial charge in [-0.2, -0.15) is 0 Å². The van der Waals surface area contributed by atoms with E-state index in [1.54, 1.807) is 13.8 Å². The van der Waals surface area contributed by atoms with E-state index >= 15 is 0 Å². The predicted octanol–water partition coefficient (Wildman–Crippen LogP) is 0.410. The Labute approximate surface area is 116 Å². The summed E-state index contributed by atoms with van der Waals surface area (Å²) in [7, 11) is 0. The van der Waals surface area contributed by atoms with Crippen LogP contribution in [0.3, 0.4) is 0 Å². The molecule has 2 amide bonds. The minimum atomic E-state index is -1.29. The number of pyridine rings is 1. The number of hydrogen-bond acceptors (Lipinski definition) is 4. The van der Waals surface area contributed by atoms with E-state index in [0.29, 0.717) is 0 Å². The Bertz CT molecular complexity index is 556. The van der Waals surface area contributed by atoms with Crippen LogP contribution in [0.15, 0.2) is 18.3 Å². The molecule has 1 rings (SSSR count). The molecule has 0 spiro atoms. The van der Waals surface area contributed by atoms with Crippen molar-refractivity contribution in [3.05, 3.63) is 29.6 Å². The van der Waals surface area contributed by atoms with E-state index in [-0.39, 0.29) is 17.2 Å². The number of rotatable bonds is 5. The molecule has 0 aliphatic rings. The highest BCUT2D eigenvalue weighted by Gasteiger charge is 2.37. The molecule has 0 saturated carbocycles. The first kappa shape index (κ1) is 15.6. The third-order valence-corrected chi connectivity index (χ3v) is 3.29. The molecular formula is C13H17N3O4. The fourth-order valence-corrected chi connectivity index (χ4v) is 1.54. The van der Waals surface area contributed by atoms with E-state index in [9.17, 15) is 14.4 Å². The number of carboxylic acids is 1. The summed E-state index contributed by atoms with van der Waals surface area (Å²) in [4.78, 5) is 38.5. The van der Waals surface area contributed by atoms with Crippen LogP contribution < -0.4 is 11.1 Å². The lowest BCUT2D eigenvalue weighted by atomic mass is 9.87. The van der Waals surface area contributed by atoms with Crippen molar-refractivity contribution < 1.29 is 19.5 Å². The second-order valence-corrected chi connectivity index (χ2v) is 4.88. The zero-order valence-electron chi connectivity index (χ0n) is 11.5. The number of carbonyl (C=O) groups excluding carboxylic acids is 2. The van der Waals surface area contributed by atoms with Gasteiger partial charge in [0, 0.05) is 6.20 Å². The van der Waals surface area contributed by atoms with Gasteiger partial charge in [-0.3, -0.25) is 14.6 Å². The minimum absolute atomic E-state index is 0.236. The van der Waals surface area contributed by atoms with Crippen LogP contribution in [0.4, 0.5) is 0 Å². The monoisotopic (exact) mass is 279 g/mol. The second-order valence-electron chi connectivity index (χ2n) is 4.88. The Balaban J connectivity index is 3.14. The summed E-state index contributed by atoms with van der Waals surface area (Å²) >= 11 is 0. The number of amides is 2. The smallest absolute Gasteiger partial charge is 0.338 e. The quantitative estimate of drug-likeness (QED) is 0.720. The molecule has 1 aromatic rings. The lowest BCUT2D eigenvalue weighted by molar-refractivity contribution is -0.125. The van der Waals surface area contributed by atoms with Gasteiger partial charge in [-0.05, 0) is 25.0 Å². The van der Waals surface area contributed by atoms with E-state index in [1.165, 1.54) is 25.3 Å². The number of primary amides is 1. The molecule has 0 bridgehead atoms. The number of aromatic carboxylic acids is 1. The Morgan fingerprint density at radius 2 is 2.00 bits per heavy atom. The molecule has 1 aromatic heterocycles. The number of nitrogens with zero attached hydrogens (tertiary/aromatic N) is 1. The van der Waals surface area contributed by atoms with Gasteiger partial charge in [-0.1, -0.05) is 13.8 Å². The molecule has 0 fully saturated rings. The van der Waals surface area contributed by atoms with Crippen LogP contribution in [0.2, 0.25) is 0 Å². The van der Waals surface area contributed by atoms with Crippen LogP contribution >= 0.6 is 0 Å². The standard InChI is InChI=1S/C13H17N3O4/c1-7(2)13(3,12(14)20)16-10(17)9-8(11(18)19)5-4-6-15-9/h4-7H,1-3H3,(H2,14,20)(H,16,17)(H,18,19). The van der Waals surface area contributed by atoms with Crippen molar-refractivity contribution in [3.8, 4) is 0 Å². The number of carboxylic acid groups (broad SMARTS) is 1. The highest BCUT2D eigenvalue weighted by Crippen LogP contribution is 2.17. The van der Waals surface area contributed by atoms with Gasteiger partial charge in [0.05, 0.1) is 5.56 Å². The van der Waals surface area contributed by atoms with Gasteiger partial charge in [0.1, 0.15) is 11.2 Å². The van der Waals surface area contributed by atoms with Crippen molar-refractivity contribution in [2.75, 3.05) is 0 Å². The molecule has 7 heteroatoms. The van der Waals surface area contributed by atoms with E-state index in [0.717, 1.165) is 0 Å². The number of carbonyl (C=O) groups is 3. The molecule has 1 heterocycles. The van der Waals surface area contributed by atoms with Gasteiger partial charge >= 0.3 is 5.97 Å². The molecule has 0 aliphatic heterocycles. The van der Waals surface area contributed by atoms with Gasteiger partial charge in [0.25, 0.3) is 5.91 Å². The summed E-state index contributed by atoms with van der Waals surface area (Å²) < 4.78 is 0. The lowest BCUT2D eigenvalue weighted by Crippen LogP contribution is -2.58. The Kier molecular flexibility index (Phi) is 4.44. The normalized spacial score (nSPS) is 13.6. The fourth-order valence-electron chi connectivity index (χ4n) is 1.54. The summed E-state index contributed by atoms with van der Waals surface area (Å²) in [6.45, 7) is 4.93. The van der Waals surface area contributed by atoms with Gasteiger partial charge in [0.2, 0.25) is 5.91 Å². The highest BCUT2D eigenvalue weighted by atomic mass is 16.4. The van der Waals surface area contributed by atoms with E-state index < -0.39 is 23.3 Å². The average molecular weight is 279 g/mol. The fraction of sp³-hybridized carbons (Fsp3) is 0.385. The third-order valence-electron chi connectivity index (χ3n) is 3.29. The van der Waals surface area contributed by atoms with E-state index in [4.69, 9.17) is 10.8 Å². The third kappa shape index (κ3) is 2.93. The van der Waals surface area contributed by atoms with Crippen LogP contribution in [0, 0.1) is 5.92 Å². The van der Waals surface area contributed by atoms with Crippen molar-refractivity contribution in [3.63, 3.8) is 0 Å². The Morgan fingerprint density at radius 3 is 2.45 bits per heavy atom. The van der Waals surface area contributed by atoms with Crippen molar-refractivity contribution in [1.82, 2.24) is 10.3 Å². The number of nitrogens with two attached hydrogens (primary N) is 1. The van der Waals surface area contributed by atoms with Crippen molar-refractivity contribution in [1.29, 1.82) is 0 Å². The average Bonchev–Trinajstić information content (AvgIpc) is 2.37. The SMILES string of the molecule is CC(C)C(C)(NC(=O)c1ncccc1C(=O)O)C(N)=O. The molecule has 4 N–H and O–H groups in total. The Morgan fingerprint density at radius 1 is 1.40 bits per heavy atom. The van der Waals surface area contributed by atoms with Crippen LogP contribution in [0.25, 0.3) is 0 Å². The lowest BCUT2D eigenvalue weighted by Gasteiger charge is -2.31. The summed E-state index contributed by atoms with van der Waals surface area (Å²) in [5, 5.41) is 11.5. The van der Waals surface area contributed by atoms with Crippen molar-refractivity contribution >= 4 is 17.8 Å². The van der Waals surface area contributed by atoms with Crippen molar-refractivity contribution in [2.45, 2.75) is 26.3 Å². The van der Waals surface area contributed by atoms with Crippen molar-refractivity contribution in [2.24, 2.45) is 11.7 Å². The summed E-state index contributed by atoms with van der Waals surface area (Å²) in [6.07, 6.45) is 1.30. The maximum absolute atomic E-state index is 12.1. The highest BCUT2D eigenvalue weighted by molar-refractivity contribution is 6.05. The predicted molar refractivity (Wildman–Crippen MR) is 71.1 cm³/mol. The molecule has 1 unspecified atom stereocenters. The number of nitrogens with one attached hydrogen (secondary N) is 1. The summed E-state index contributed by atoms with van der Waals surface area (Å²) in [5.41, 5.74) is 3.53. The first-order valence-corrected chi connectivity index (χ1v) is 6.01.